The molecule has 0 saturated heterocycles. The molecule has 0 aliphatic rings. The van der Waals surface area contributed by atoms with Crippen LogP contribution in [0.25, 0.3) is 0 Å². The fourth-order valence-corrected chi connectivity index (χ4v) is 1.78. The molecule has 3 nitrogen and oxygen atoms in total. The lowest BCUT2D eigenvalue weighted by Gasteiger charge is -2.05. The molecule has 0 aliphatic heterocycles. The molecule has 0 unspecified atom stereocenters. The second-order valence-electron chi connectivity index (χ2n) is 4.14. The van der Waals surface area contributed by atoms with Crippen LogP contribution in [-0.2, 0) is 6.42 Å². The van der Waals surface area contributed by atoms with Crippen molar-refractivity contribution in [3.8, 4) is 5.75 Å². The summed E-state index contributed by atoms with van der Waals surface area (Å²) in [5, 5.41) is 0. The molecule has 92 valence electrons. The number of aromatic nitrogens is 1. The van der Waals surface area contributed by atoms with E-state index >= 15 is 0 Å². The number of nitrogens with zero attached hydrogens (tertiary/aromatic N) is 1. The minimum absolute atomic E-state index is 0.0887. The maximum atomic E-state index is 12.1. The third kappa shape index (κ3) is 2.74. The third-order valence-corrected chi connectivity index (χ3v) is 2.86. The van der Waals surface area contributed by atoms with Gasteiger partial charge in [-0.25, -0.2) is 0 Å². The average Bonchev–Trinajstić information content (AvgIpc) is 2.40. The van der Waals surface area contributed by atoms with Gasteiger partial charge in [0.1, 0.15) is 5.75 Å². The van der Waals surface area contributed by atoms with Gasteiger partial charge in [0.05, 0.1) is 7.11 Å². The summed E-state index contributed by atoms with van der Waals surface area (Å²) >= 11 is 0. The summed E-state index contributed by atoms with van der Waals surface area (Å²) in [6, 6.07) is 9.38. The van der Waals surface area contributed by atoms with Crippen LogP contribution >= 0.6 is 0 Å². The minimum Gasteiger partial charge on any atom is -0.497 e. The van der Waals surface area contributed by atoms with Gasteiger partial charge < -0.3 is 4.74 Å². The van der Waals surface area contributed by atoms with Gasteiger partial charge in [-0.15, -0.1) is 0 Å². The Morgan fingerprint density at radius 3 is 2.56 bits per heavy atom. The molecule has 0 aliphatic carbocycles. The number of Topliss-reactive ketones (excluding diaryl/α,β-unsaturated/α-hetero) is 1. The summed E-state index contributed by atoms with van der Waals surface area (Å²) in [4.78, 5) is 16.1. The SMILES string of the molecule is COc1ccc(CC(=O)c2cnccc2C)cc1. The van der Waals surface area contributed by atoms with Crippen molar-refractivity contribution in [2.75, 3.05) is 7.11 Å². The zero-order chi connectivity index (χ0) is 13.0. The summed E-state index contributed by atoms with van der Waals surface area (Å²) in [5.74, 6) is 0.884. The molecule has 0 amide bonds. The second-order valence-corrected chi connectivity index (χ2v) is 4.14. The van der Waals surface area contributed by atoms with Gasteiger partial charge in [0.2, 0.25) is 0 Å². The van der Waals surface area contributed by atoms with Crippen LogP contribution in [0.3, 0.4) is 0 Å². The molecule has 0 atom stereocenters. The van der Waals surface area contributed by atoms with E-state index in [4.69, 9.17) is 4.74 Å². The Balaban J connectivity index is 2.14. The lowest BCUT2D eigenvalue weighted by Crippen LogP contribution is -2.06. The third-order valence-electron chi connectivity index (χ3n) is 2.86. The Bertz CT molecular complexity index is 547. The van der Waals surface area contributed by atoms with Gasteiger partial charge in [0, 0.05) is 24.4 Å². The Labute approximate surface area is 106 Å². The summed E-state index contributed by atoms with van der Waals surface area (Å²) in [5.41, 5.74) is 2.63. The van der Waals surface area contributed by atoms with E-state index in [0.717, 1.165) is 16.9 Å². The first kappa shape index (κ1) is 12.3. The number of carbonyl (C=O) groups is 1. The first-order valence-corrected chi connectivity index (χ1v) is 5.77. The Morgan fingerprint density at radius 2 is 1.94 bits per heavy atom. The Morgan fingerprint density at radius 1 is 1.22 bits per heavy atom. The number of aryl methyl sites for hydroxylation is 1. The smallest absolute Gasteiger partial charge is 0.169 e. The van der Waals surface area contributed by atoms with Crippen LogP contribution in [0, 0.1) is 6.92 Å². The largest absolute Gasteiger partial charge is 0.497 e. The summed E-state index contributed by atoms with van der Waals surface area (Å²) in [7, 11) is 1.62. The molecule has 0 spiro atoms. The molecule has 0 saturated carbocycles. The van der Waals surface area contributed by atoms with Gasteiger partial charge in [0.15, 0.2) is 5.78 Å². The maximum Gasteiger partial charge on any atom is 0.169 e. The Kier molecular flexibility index (Phi) is 3.72. The number of pyridine rings is 1. The van der Waals surface area contributed by atoms with E-state index in [1.165, 1.54) is 0 Å². The molecule has 2 aromatic rings. The average molecular weight is 241 g/mol. The highest BCUT2D eigenvalue weighted by molar-refractivity contribution is 5.98. The standard InChI is InChI=1S/C15H15NO2/c1-11-7-8-16-10-14(11)15(17)9-12-3-5-13(18-2)6-4-12/h3-8,10H,9H2,1-2H3. The van der Waals surface area contributed by atoms with Crippen molar-refractivity contribution in [1.82, 2.24) is 4.98 Å². The zero-order valence-electron chi connectivity index (χ0n) is 10.5. The summed E-state index contributed by atoms with van der Waals surface area (Å²) < 4.78 is 5.08. The van der Waals surface area contributed by atoms with Crippen LogP contribution < -0.4 is 4.74 Å². The number of hydrogen-bond donors (Lipinski definition) is 0. The van der Waals surface area contributed by atoms with E-state index in [1.54, 1.807) is 19.5 Å². The Hall–Kier alpha value is -2.16. The van der Waals surface area contributed by atoms with Gasteiger partial charge in [-0.05, 0) is 36.2 Å². The number of carbonyl (C=O) groups excluding carboxylic acids is 1. The maximum absolute atomic E-state index is 12.1. The highest BCUT2D eigenvalue weighted by atomic mass is 16.5. The van der Waals surface area contributed by atoms with E-state index in [1.807, 2.05) is 37.3 Å². The van der Waals surface area contributed by atoms with E-state index in [0.29, 0.717) is 12.0 Å². The molecule has 3 heteroatoms. The van der Waals surface area contributed by atoms with Gasteiger partial charge in [-0.1, -0.05) is 12.1 Å². The van der Waals surface area contributed by atoms with Crippen molar-refractivity contribution in [2.45, 2.75) is 13.3 Å². The van der Waals surface area contributed by atoms with Gasteiger partial charge in [-0.3, -0.25) is 9.78 Å². The molecule has 1 aromatic carbocycles. The number of rotatable bonds is 4. The molecular weight excluding hydrogens is 226 g/mol. The topological polar surface area (TPSA) is 39.2 Å². The molecule has 0 bridgehead atoms. The number of ether oxygens (including phenoxy) is 1. The minimum atomic E-state index is 0.0887. The van der Waals surface area contributed by atoms with Crippen LogP contribution in [0.1, 0.15) is 21.5 Å². The molecule has 1 heterocycles. The normalized spacial score (nSPS) is 10.1. The summed E-state index contributed by atoms with van der Waals surface area (Å²) in [6.45, 7) is 1.92. The van der Waals surface area contributed by atoms with Gasteiger partial charge in [0.25, 0.3) is 0 Å². The van der Waals surface area contributed by atoms with E-state index in [9.17, 15) is 4.79 Å². The van der Waals surface area contributed by atoms with E-state index < -0.39 is 0 Å². The van der Waals surface area contributed by atoms with Crippen molar-refractivity contribution in [2.24, 2.45) is 0 Å². The van der Waals surface area contributed by atoms with Crippen LogP contribution in [0.5, 0.6) is 5.75 Å². The zero-order valence-corrected chi connectivity index (χ0v) is 10.5. The quantitative estimate of drug-likeness (QED) is 0.773. The lowest BCUT2D eigenvalue weighted by atomic mass is 10.0. The number of methoxy groups -OCH3 is 1. The number of ketones is 1. The molecule has 0 N–H and O–H groups in total. The predicted octanol–water partition coefficient (Wildman–Crippen LogP) is 2.82. The monoisotopic (exact) mass is 241 g/mol. The molecule has 2 rings (SSSR count). The second kappa shape index (κ2) is 5.45. The van der Waals surface area contributed by atoms with Crippen molar-refractivity contribution in [3.63, 3.8) is 0 Å². The van der Waals surface area contributed by atoms with Gasteiger partial charge >= 0.3 is 0 Å². The number of hydrogen-bond acceptors (Lipinski definition) is 3. The van der Waals surface area contributed by atoms with Crippen molar-refractivity contribution in [1.29, 1.82) is 0 Å². The van der Waals surface area contributed by atoms with Crippen LogP contribution in [0.4, 0.5) is 0 Å². The van der Waals surface area contributed by atoms with Crippen molar-refractivity contribution in [3.05, 3.63) is 59.4 Å². The first-order chi connectivity index (χ1) is 8.70. The fraction of sp³-hybridized carbons (Fsp3) is 0.200. The highest BCUT2D eigenvalue weighted by Gasteiger charge is 2.09. The molecule has 18 heavy (non-hydrogen) atoms. The van der Waals surface area contributed by atoms with Crippen LogP contribution in [0.2, 0.25) is 0 Å². The highest BCUT2D eigenvalue weighted by Crippen LogP contribution is 2.14. The molecule has 1 aromatic heterocycles. The lowest BCUT2D eigenvalue weighted by molar-refractivity contribution is 0.0992. The number of benzene rings is 1. The molecule has 0 fully saturated rings. The van der Waals surface area contributed by atoms with Crippen LogP contribution in [-0.4, -0.2) is 17.9 Å². The van der Waals surface area contributed by atoms with E-state index in [-0.39, 0.29) is 5.78 Å². The van der Waals surface area contributed by atoms with Crippen LogP contribution in [0.15, 0.2) is 42.7 Å². The van der Waals surface area contributed by atoms with Crippen molar-refractivity contribution < 1.29 is 9.53 Å². The van der Waals surface area contributed by atoms with Crippen molar-refractivity contribution >= 4 is 5.78 Å². The van der Waals surface area contributed by atoms with E-state index in [2.05, 4.69) is 4.98 Å². The summed E-state index contributed by atoms with van der Waals surface area (Å²) in [6.07, 6.45) is 3.71. The first-order valence-electron chi connectivity index (χ1n) is 5.77. The fourth-order valence-electron chi connectivity index (χ4n) is 1.78. The molecular formula is C15H15NO2. The molecule has 0 radical (unpaired) electrons. The van der Waals surface area contributed by atoms with Gasteiger partial charge in [-0.2, -0.15) is 0 Å². The predicted molar refractivity (Wildman–Crippen MR) is 70.0 cm³/mol.